The number of nitrogens with zero attached hydrogens (tertiary/aromatic N) is 2. The van der Waals surface area contributed by atoms with Crippen molar-refractivity contribution in [2.75, 3.05) is 11.6 Å². The van der Waals surface area contributed by atoms with Gasteiger partial charge in [-0.25, -0.2) is 9.37 Å². The molecule has 0 saturated carbocycles. The van der Waals surface area contributed by atoms with Crippen molar-refractivity contribution in [1.82, 2.24) is 9.97 Å². The van der Waals surface area contributed by atoms with Crippen LogP contribution in [0, 0.1) is 5.82 Å². The Kier molecular flexibility index (Phi) is 8.38. The normalized spacial score (nSPS) is 11.5. The number of hydrogen-bond acceptors (Lipinski definition) is 4. The molecule has 0 spiro atoms. The SMILES string of the molecule is CCCCCCOc1ncc(F)c(N[Si](CC)(CC)CC)n1. The Morgan fingerprint density at radius 3 is 2.36 bits per heavy atom. The van der Waals surface area contributed by atoms with Crippen LogP contribution in [0.15, 0.2) is 6.20 Å². The van der Waals surface area contributed by atoms with Crippen LogP contribution in [0.5, 0.6) is 6.01 Å². The number of aromatic nitrogens is 2. The van der Waals surface area contributed by atoms with E-state index in [-0.39, 0.29) is 6.01 Å². The van der Waals surface area contributed by atoms with Crippen molar-refractivity contribution in [2.24, 2.45) is 0 Å². The van der Waals surface area contributed by atoms with E-state index < -0.39 is 14.1 Å². The molecule has 0 bridgehead atoms. The van der Waals surface area contributed by atoms with Gasteiger partial charge in [-0.1, -0.05) is 47.0 Å². The van der Waals surface area contributed by atoms with Crippen molar-refractivity contribution < 1.29 is 9.13 Å². The summed E-state index contributed by atoms with van der Waals surface area (Å²) in [7, 11) is -1.70. The highest BCUT2D eigenvalue weighted by Crippen LogP contribution is 2.24. The Hall–Kier alpha value is -1.17. The summed E-state index contributed by atoms with van der Waals surface area (Å²) in [5.41, 5.74) is 0. The molecule has 1 rings (SSSR count). The first-order valence-electron chi connectivity index (χ1n) is 8.54. The van der Waals surface area contributed by atoms with Crippen LogP contribution in [-0.4, -0.2) is 24.8 Å². The lowest BCUT2D eigenvalue weighted by molar-refractivity contribution is 0.281. The fourth-order valence-electron chi connectivity index (χ4n) is 2.47. The van der Waals surface area contributed by atoms with Gasteiger partial charge in [0.1, 0.15) is 0 Å². The quantitative estimate of drug-likeness (QED) is 0.459. The maximum atomic E-state index is 14.0. The Balaban J connectivity index is 2.69. The van der Waals surface area contributed by atoms with Crippen LogP contribution in [0.1, 0.15) is 53.4 Å². The first-order valence-corrected chi connectivity index (χ1v) is 11.2. The first kappa shape index (κ1) is 18.9. The molecule has 0 fully saturated rings. The van der Waals surface area contributed by atoms with Crippen molar-refractivity contribution in [1.29, 1.82) is 0 Å². The molecule has 1 heterocycles. The molecule has 0 aromatic carbocycles. The van der Waals surface area contributed by atoms with Gasteiger partial charge in [-0.2, -0.15) is 4.98 Å². The van der Waals surface area contributed by atoms with Gasteiger partial charge in [0, 0.05) is 0 Å². The third-order valence-electron chi connectivity index (χ3n) is 4.36. The molecule has 6 heteroatoms. The Bertz CT molecular complexity index is 433. The maximum absolute atomic E-state index is 14.0. The molecular weight excluding hydrogens is 297 g/mol. The summed E-state index contributed by atoms with van der Waals surface area (Å²) in [5, 5.41) is 0. The molecule has 0 aliphatic heterocycles. The highest BCUT2D eigenvalue weighted by atomic mass is 28.3. The topological polar surface area (TPSA) is 47.0 Å². The van der Waals surface area contributed by atoms with Crippen LogP contribution in [0.2, 0.25) is 18.1 Å². The highest BCUT2D eigenvalue weighted by molar-refractivity contribution is 6.82. The van der Waals surface area contributed by atoms with Gasteiger partial charge < -0.3 is 9.72 Å². The van der Waals surface area contributed by atoms with Gasteiger partial charge in [0.25, 0.3) is 0 Å². The number of ether oxygens (including phenoxy) is 1. The second-order valence-electron chi connectivity index (χ2n) is 5.72. The second-order valence-corrected chi connectivity index (χ2v) is 10.7. The standard InChI is InChI=1S/C16H30FN3OSi/c1-5-9-10-11-12-21-16-18-13-14(17)15(19-16)20-22(6-2,7-3)8-4/h13H,5-12H2,1-4H3,(H,18,19,20). The molecule has 0 aliphatic carbocycles. The lowest BCUT2D eigenvalue weighted by atomic mass is 10.2. The van der Waals surface area contributed by atoms with E-state index in [0.29, 0.717) is 12.4 Å². The van der Waals surface area contributed by atoms with Gasteiger partial charge in [-0.3, -0.25) is 0 Å². The minimum Gasteiger partial charge on any atom is -0.463 e. The Morgan fingerprint density at radius 1 is 1.09 bits per heavy atom. The molecule has 22 heavy (non-hydrogen) atoms. The van der Waals surface area contributed by atoms with E-state index in [4.69, 9.17) is 4.74 Å². The summed E-state index contributed by atoms with van der Waals surface area (Å²) in [6, 6.07) is 3.43. The fraction of sp³-hybridized carbons (Fsp3) is 0.750. The molecule has 1 aromatic rings. The number of unbranched alkanes of at least 4 members (excludes halogenated alkanes) is 3. The van der Waals surface area contributed by atoms with E-state index >= 15 is 0 Å². The third kappa shape index (κ3) is 5.55. The fourth-order valence-corrected chi connectivity index (χ4v) is 5.17. The Labute approximate surface area is 135 Å². The van der Waals surface area contributed by atoms with Gasteiger partial charge >= 0.3 is 6.01 Å². The summed E-state index contributed by atoms with van der Waals surface area (Å²) in [5.74, 6) is -0.0960. The molecule has 0 radical (unpaired) electrons. The summed E-state index contributed by atoms with van der Waals surface area (Å²) < 4.78 is 19.5. The van der Waals surface area contributed by atoms with E-state index in [1.54, 1.807) is 0 Å². The largest absolute Gasteiger partial charge is 0.463 e. The third-order valence-corrected chi connectivity index (χ3v) is 9.19. The van der Waals surface area contributed by atoms with Crippen molar-refractivity contribution in [2.45, 2.75) is 71.5 Å². The lowest BCUT2D eigenvalue weighted by Crippen LogP contribution is -2.42. The number of halogens is 1. The highest BCUT2D eigenvalue weighted by Gasteiger charge is 2.29. The zero-order chi connectivity index (χ0) is 16.4. The smallest absolute Gasteiger partial charge is 0.318 e. The molecule has 0 atom stereocenters. The van der Waals surface area contributed by atoms with E-state index in [9.17, 15) is 4.39 Å². The summed E-state index contributed by atoms with van der Waals surface area (Å²) in [6.45, 7) is 9.25. The second kappa shape index (κ2) is 9.76. The van der Waals surface area contributed by atoms with Gasteiger partial charge in [-0.15, -0.1) is 0 Å². The monoisotopic (exact) mass is 327 g/mol. The van der Waals surface area contributed by atoms with Crippen LogP contribution in [0.25, 0.3) is 0 Å². The van der Waals surface area contributed by atoms with Gasteiger partial charge in [0.2, 0.25) is 0 Å². The van der Waals surface area contributed by atoms with Crippen LogP contribution in [-0.2, 0) is 0 Å². The van der Waals surface area contributed by atoms with Crippen molar-refractivity contribution in [3.8, 4) is 6.01 Å². The van der Waals surface area contributed by atoms with Crippen molar-refractivity contribution in [3.63, 3.8) is 0 Å². The molecule has 0 amide bonds. The van der Waals surface area contributed by atoms with Gasteiger partial charge in [0.15, 0.2) is 19.9 Å². The minimum absolute atomic E-state index is 0.270. The molecule has 1 aromatic heterocycles. The van der Waals surface area contributed by atoms with Crippen LogP contribution in [0.4, 0.5) is 10.2 Å². The first-order chi connectivity index (χ1) is 10.6. The predicted molar refractivity (Wildman–Crippen MR) is 92.4 cm³/mol. The molecule has 0 saturated heterocycles. The molecule has 0 unspecified atom stereocenters. The number of hydrogen-bond donors (Lipinski definition) is 1. The minimum atomic E-state index is -1.70. The van der Waals surface area contributed by atoms with E-state index in [2.05, 4.69) is 42.6 Å². The number of nitrogens with one attached hydrogen (secondary N) is 1. The zero-order valence-electron chi connectivity index (χ0n) is 14.4. The molecule has 1 N–H and O–H groups in total. The molecule has 126 valence electrons. The van der Waals surface area contributed by atoms with Gasteiger partial charge in [0.05, 0.1) is 12.8 Å². The summed E-state index contributed by atoms with van der Waals surface area (Å²) in [6.07, 6.45) is 5.73. The lowest BCUT2D eigenvalue weighted by Gasteiger charge is -2.29. The summed E-state index contributed by atoms with van der Waals surface area (Å²) >= 11 is 0. The van der Waals surface area contributed by atoms with E-state index in [1.165, 1.54) is 19.0 Å². The number of anilines is 1. The van der Waals surface area contributed by atoms with Crippen LogP contribution in [0.3, 0.4) is 0 Å². The maximum Gasteiger partial charge on any atom is 0.318 e. The van der Waals surface area contributed by atoms with Crippen molar-refractivity contribution in [3.05, 3.63) is 12.0 Å². The average Bonchev–Trinajstić information content (AvgIpc) is 2.55. The van der Waals surface area contributed by atoms with Crippen molar-refractivity contribution >= 4 is 14.1 Å². The van der Waals surface area contributed by atoms with Crippen LogP contribution < -0.4 is 9.72 Å². The molecule has 4 nitrogen and oxygen atoms in total. The Morgan fingerprint density at radius 2 is 1.77 bits per heavy atom. The van der Waals surface area contributed by atoms with Gasteiger partial charge in [-0.05, 0) is 24.6 Å². The predicted octanol–water partition coefficient (Wildman–Crippen LogP) is 4.99. The van der Waals surface area contributed by atoms with E-state index in [1.807, 2.05) is 0 Å². The zero-order valence-corrected chi connectivity index (χ0v) is 15.4. The number of rotatable bonds is 11. The molecular formula is C16H30FN3OSi. The molecule has 0 aliphatic rings. The average molecular weight is 328 g/mol. The summed E-state index contributed by atoms with van der Waals surface area (Å²) in [4.78, 5) is 11.6. The van der Waals surface area contributed by atoms with Crippen LogP contribution >= 0.6 is 0 Å². The van der Waals surface area contributed by atoms with E-state index in [0.717, 1.165) is 31.0 Å².